The van der Waals surface area contributed by atoms with Crippen molar-refractivity contribution >= 4 is 40.4 Å². The molecule has 1 N–H and O–H groups in total. The summed E-state index contributed by atoms with van der Waals surface area (Å²) in [6.07, 6.45) is 0.890. The van der Waals surface area contributed by atoms with Gasteiger partial charge in [-0.1, -0.05) is 30.1 Å². The van der Waals surface area contributed by atoms with Crippen LogP contribution in [-0.4, -0.2) is 11.9 Å². The molecule has 1 aromatic rings. The average Bonchev–Trinajstić information content (AvgIpc) is 2.45. The summed E-state index contributed by atoms with van der Waals surface area (Å²) in [7, 11) is 0. The molecule has 1 atom stereocenters. The van der Waals surface area contributed by atoms with Crippen LogP contribution in [0.2, 0.25) is 8.67 Å². The highest BCUT2D eigenvalue weighted by Gasteiger charge is 2.15. The van der Waals surface area contributed by atoms with Crippen molar-refractivity contribution in [3.05, 3.63) is 20.3 Å². The topological polar surface area (TPSA) is 29.1 Å². The van der Waals surface area contributed by atoms with Gasteiger partial charge < -0.3 is 5.32 Å². The van der Waals surface area contributed by atoms with E-state index in [9.17, 15) is 4.79 Å². The molecular formula is C9H11Cl2NOS. The molecule has 5 heteroatoms. The first-order valence-electron chi connectivity index (χ1n) is 4.30. The standard InChI is InChI=1S/C9H11Cl2NOS/c1-3-5(2)12-9(13)6-4-7(10)14-8(6)11/h4-5H,3H2,1-2H3,(H,12,13). The monoisotopic (exact) mass is 251 g/mol. The first kappa shape index (κ1) is 11.8. The fourth-order valence-electron chi connectivity index (χ4n) is 0.899. The number of nitrogens with one attached hydrogen (secondary N) is 1. The summed E-state index contributed by atoms with van der Waals surface area (Å²) < 4.78 is 0.972. The van der Waals surface area contributed by atoms with Gasteiger partial charge in [-0.05, 0) is 19.4 Å². The zero-order valence-electron chi connectivity index (χ0n) is 7.93. The predicted molar refractivity (Wildman–Crippen MR) is 61.6 cm³/mol. The molecule has 0 aromatic carbocycles. The summed E-state index contributed by atoms with van der Waals surface area (Å²) in [5.41, 5.74) is 0.460. The van der Waals surface area contributed by atoms with Crippen molar-refractivity contribution < 1.29 is 4.79 Å². The van der Waals surface area contributed by atoms with Crippen LogP contribution in [0.3, 0.4) is 0 Å². The average molecular weight is 252 g/mol. The van der Waals surface area contributed by atoms with E-state index < -0.39 is 0 Å². The minimum atomic E-state index is -0.160. The van der Waals surface area contributed by atoms with Crippen LogP contribution in [-0.2, 0) is 0 Å². The number of carbonyl (C=O) groups is 1. The van der Waals surface area contributed by atoms with Crippen LogP contribution in [0, 0.1) is 0 Å². The number of carbonyl (C=O) groups excluding carboxylic acids is 1. The van der Waals surface area contributed by atoms with E-state index >= 15 is 0 Å². The fourth-order valence-corrected chi connectivity index (χ4v) is 2.36. The Bertz CT molecular complexity index is 338. The van der Waals surface area contributed by atoms with Gasteiger partial charge in [0.1, 0.15) is 4.34 Å². The first-order valence-corrected chi connectivity index (χ1v) is 5.87. The fraction of sp³-hybridized carbons (Fsp3) is 0.444. The lowest BCUT2D eigenvalue weighted by Gasteiger charge is -2.10. The van der Waals surface area contributed by atoms with Gasteiger partial charge in [-0.15, -0.1) is 11.3 Å². The predicted octanol–water partition coefficient (Wildman–Crippen LogP) is 3.58. The maximum absolute atomic E-state index is 11.6. The summed E-state index contributed by atoms with van der Waals surface area (Å²) >= 11 is 12.8. The second kappa shape index (κ2) is 5.01. The van der Waals surface area contributed by atoms with E-state index in [2.05, 4.69) is 5.32 Å². The Kier molecular flexibility index (Phi) is 4.23. The number of hydrogen-bond acceptors (Lipinski definition) is 2. The third-order valence-corrected chi connectivity index (χ3v) is 3.38. The van der Waals surface area contributed by atoms with E-state index in [0.717, 1.165) is 6.42 Å². The Morgan fingerprint density at radius 1 is 1.64 bits per heavy atom. The molecule has 0 radical (unpaired) electrons. The molecular weight excluding hydrogens is 241 g/mol. The zero-order valence-corrected chi connectivity index (χ0v) is 10.3. The van der Waals surface area contributed by atoms with Crippen molar-refractivity contribution in [2.75, 3.05) is 0 Å². The van der Waals surface area contributed by atoms with Crippen molar-refractivity contribution in [2.24, 2.45) is 0 Å². The molecule has 0 aliphatic heterocycles. The van der Waals surface area contributed by atoms with Crippen LogP contribution in [0.5, 0.6) is 0 Å². The summed E-state index contributed by atoms with van der Waals surface area (Å²) in [5, 5.41) is 2.82. The molecule has 1 unspecified atom stereocenters. The van der Waals surface area contributed by atoms with Gasteiger partial charge in [0.25, 0.3) is 5.91 Å². The highest BCUT2D eigenvalue weighted by molar-refractivity contribution is 7.20. The van der Waals surface area contributed by atoms with Gasteiger partial charge in [0.15, 0.2) is 0 Å². The molecule has 0 fully saturated rings. The van der Waals surface area contributed by atoms with Gasteiger partial charge in [0.2, 0.25) is 0 Å². The number of hydrogen-bond donors (Lipinski definition) is 1. The molecule has 1 aromatic heterocycles. The van der Waals surface area contributed by atoms with Crippen LogP contribution in [0.15, 0.2) is 6.07 Å². The molecule has 0 spiro atoms. The lowest BCUT2D eigenvalue weighted by Crippen LogP contribution is -2.31. The highest BCUT2D eigenvalue weighted by atomic mass is 35.5. The van der Waals surface area contributed by atoms with Crippen LogP contribution in [0.25, 0.3) is 0 Å². The quantitative estimate of drug-likeness (QED) is 0.875. The molecule has 14 heavy (non-hydrogen) atoms. The summed E-state index contributed by atoms with van der Waals surface area (Å²) in [5.74, 6) is -0.160. The van der Waals surface area contributed by atoms with Gasteiger partial charge in [0, 0.05) is 6.04 Å². The van der Waals surface area contributed by atoms with E-state index in [-0.39, 0.29) is 11.9 Å². The Labute approximate surface area is 97.2 Å². The lowest BCUT2D eigenvalue weighted by atomic mass is 10.2. The summed E-state index contributed by atoms with van der Waals surface area (Å²) in [4.78, 5) is 11.6. The number of halogens is 2. The van der Waals surface area contributed by atoms with E-state index in [0.29, 0.717) is 14.2 Å². The van der Waals surface area contributed by atoms with Crippen LogP contribution < -0.4 is 5.32 Å². The molecule has 1 rings (SSSR count). The molecule has 0 saturated carbocycles. The van der Waals surface area contributed by atoms with Gasteiger partial charge in [-0.25, -0.2) is 0 Å². The van der Waals surface area contributed by atoms with Crippen molar-refractivity contribution in [1.29, 1.82) is 0 Å². The smallest absolute Gasteiger partial charge is 0.253 e. The third-order valence-electron chi connectivity index (χ3n) is 1.89. The summed E-state index contributed by atoms with van der Waals surface area (Å²) in [6.45, 7) is 3.95. The van der Waals surface area contributed by atoms with Crippen LogP contribution >= 0.6 is 34.5 Å². The summed E-state index contributed by atoms with van der Waals surface area (Å²) in [6, 6.07) is 1.74. The van der Waals surface area contributed by atoms with Gasteiger partial charge in [0.05, 0.1) is 9.90 Å². The van der Waals surface area contributed by atoms with E-state index in [1.54, 1.807) is 6.07 Å². The molecule has 0 saturated heterocycles. The molecule has 1 heterocycles. The Balaban J connectivity index is 2.74. The highest BCUT2D eigenvalue weighted by Crippen LogP contribution is 2.30. The molecule has 0 bridgehead atoms. The number of rotatable bonds is 3. The Hall–Kier alpha value is -0.250. The maximum Gasteiger partial charge on any atom is 0.253 e. The molecule has 1 amide bonds. The van der Waals surface area contributed by atoms with E-state index in [1.165, 1.54) is 11.3 Å². The third kappa shape index (κ3) is 2.87. The minimum absolute atomic E-state index is 0.150. The number of thiophene rings is 1. The van der Waals surface area contributed by atoms with Crippen molar-refractivity contribution in [1.82, 2.24) is 5.32 Å². The van der Waals surface area contributed by atoms with Gasteiger partial charge in [-0.2, -0.15) is 0 Å². The SMILES string of the molecule is CCC(C)NC(=O)c1cc(Cl)sc1Cl. The number of amides is 1. The van der Waals surface area contributed by atoms with E-state index in [1.807, 2.05) is 13.8 Å². The Morgan fingerprint density at radius 2 is 2.29 bits per heavy atom. The Morgan fingerprint density at radius 3 is 2.71 bits per heavy atom. The molecule has 2 nitrogen and oxygen atoms in total. The molecule has 78 valence electrons. The van der Waals surface area contributed by atoms with Crippen LogP contribution in [0.4, 0.5) is 0 Å². The van der Waals surface area contributed by atoms with Crippen LogP contribution in [0.1, 0.15) is 30.6 Å². The zero-order chi connectivity index (χ0) is 10.7. The van der Waals surface area contributed by atoms with E-state index in [4.69, 9.17) is 23.2 Å². The largest absolute Gasteiger partial charge is 0.350 e. The molecule has 0 aliphatic rings. The second-order valence-corrected chi connectivity index (χ2v) is 5.31. The van der Waals surface area contributed by atoms with Crippen molar-refractivity contribution in [2.45, 2.75) is 26.3 Å². The lowest BCUT2D eigenvalue weighted by molar-refractivity contribution is 0.0940. The van der Waals surface area contributed by atoms with Crippen molar-refractivity contribution in [3.63, 3.8) is 0 Å². The minimum Gasteiger partial charge on any atom is -0.350 e. The van der Waals surface area contributed by atoms with Gasteiger partial charge >= 0.3 is 0 Å². The normalized spacial score (nSPS) is 12.6. The second-order valence-electron chi connectivity index (χ2n) is 3.02. The molecule has 0 aliphatic carbocycles. The van der Waals surface area contributed by atoms with Crippen molar-refractivity contribution in [3.8, 4) is 0 Å². The van der Waals surface area contributed by atoms with Gasteiger partial charge in [-0.3, -0.25) is 4.79 Å². The maximum atomic E-state index is 11.6. The first-order chi connectivity index (χ1) is 6.54.